The third-order valence-corrected chi connectivity index (χ3v) is 5.71. The van der Waals surface area contributed by atoms with Crippen molar-refractivity contribution in [3.05, 3.63) is 94.5 Å². The summed E-state index contributed by atoms with van der Waals surface area (Å²) in [5.74, 6) is 1.23. The van der Waals surface area contributed by atoms with E-state index in [-0.39, 0.29) is 22.8 Å². The number of aromatic nitrogens is 3. The van der Waals surface area contributed by atoms with E-state index in [1.165, 1.54) is 30.0 Å². The summed E-state index contributed by atoms with van der Waals surface area (Å²) in [6, 6.07) is 22.9. The van der Waals surface area contributed by atoms with Crippen molar-refractivity contribution in [1.82, 2.24) is 14.8 Å². The second kappa shape index (κ2) is 10.1. The molecule has 0 fully saturated rings. The molecule has 0 N–H and O–H groups in total. The molecule has 0 bridgehead atoms. The van der Waals surface area contributed by atoms with Gasteiger partial charge in [0.05, 0.1) is 17.3 Å². The molecule has 3 aromatic carbocycles. The lowest BCUT2D eigenvalue weighted by Crippen LogP contribution is -2.05. The van der Waals surface area contributed by atoms with E-state index in [2.05, 4.69) is 10.2 Å². The van der Waals surface area contributed by atoms with Crippen LogP contribution >= 0.6 is 11.8 Å². The van der Waals surface area contributed by atoms with Crippen LogP contribution in [0, 0.1) is 10.1 Å². The predicted octanol–water partition coefficient (Wildman–Crippen LogP) is 5.22. The maximum Gasteiger partial charge on any atom is 0.270 e. The van der Waals surface area contributed by atoms with Crippen LogP contribution in [0.25, 0.3) is 17.1 Å². The first-order valence-electron chi connectivity index (χ1n) is 10.2. The van der Waals surface area contributed by atoms with Gasteiger partial charge in [-0.2, -0.15) is 0 Å². The molecule has 0 radical (unpaired) electrons. The first-order chi connectivity index (χ1) is 16.1. The molecule has 0 aliphatic carbocycles. The summed E-state index contributed by atoms with van der Waals surface area (Å²) in [7, 11) is 0. The monoisotopic (exact) mass is 460 g/mol. The van der Waals surface area contributed by atoms with Gasteiger partial charge in [-0.1, -0.05) is 54.2 Å². The normalized spacial score (nSPS) is 10.7. The number of nitrogens with zero attached hydrogens (tertiary/aromatic N) is 4. The Morgan fingerprint density at radius 1 is 1.03 bits per heavy atom. The smallest absolute Gasteiger partial charge is 0.270 e. The van der Waals surface area contributed by atoms with E-state index in [9.17, 15) is 14.9 Å². The lowest BCUT2D eigenvalue weighted by Gasteiger charge is -2.11. The number of benzene rings is 3. The molecule has 33 heavy (non-hydrogen) atoms. The third-order valence-electron chi connectivity index (χ3n) is 4.78. The number of carbonyl (C=O) groups excluding carboxylic acids is 1. The van der Waals surface area contributed by atoms with Gasteiger partial charge in [0.1, 0.15) is 5.75 Å². The molecule has 4 rings (SSSR count). The average molecular weight is 461 g/mol. The minimum absolute atomic E-state index is 0.0606. The quantitative estimate of drug-likeness (QED) is 0.146. The van der Waals surface area contributed by atoms with Crippen LogP contribution in [-0.4, -0.2) is 37.8 Å². The van der Waals surface area contributed by atoms with E-state index in [4.69, 9.17) is 4.74 Å². The molecule has 0 amide bonds. The fourth-order valence-electron chi connectivity index (χ4n) is 3.23. The van der Waals surface area contributed by atoms with Gasteiger partial charge in [-0.05, 0) is 31.2 Å². The molecule has 0 saturated heterocycles. The first kappa shape index (κ1) is 22.2. The second-order valence-electron chi connectivity index (χ2n) is 6.95. The van der Waals surface area contributed by atoms with E-state index in [0.29, 0.717) is 17.6 Å². The fourth-order valence-corrected chi connectivity index (χ4v) is 4.08. The zero-order valence-electron chi connectivity index (χ0n) is 17.7. The summed E-state index contributed by atoms with van der Waals surface area (Å²) in [6.45, 7) is 2.50. The summed E-state index contributed by atoms with van der Waals surface area (Å²) in [5.41, 5.74) is 1.88. The van der Waals surface area contributed by atoms with Gasteiger partial charge in [0, 0.05) is 28.9 Å². The van der Waals surface area contributed by atoms with Crippen LogP contribution in [0.15, 0.2) is 84.0 Å². The van der Waals surface area contributed by atoms with Crippen LogP contribution in [0.4, 0.5) is 5.69 Å². The highest BCUT2D eigenvalue weighted by atomic mass is 32.2. The average Bonchev–Trinajstić information content (AvgIpc) is 3.28. The van der Waals surface area contributed by atoms with Crippen molar-refractivity contribution in [1.29, 1.82) is 0 Å². The van der Waals surface area contributed by atoms with Gasteiger partial charge in [0.2, 0.25) is 0 Å². The number of nitro benzene ring substituents is 1. The third kappa shape index (κ3) is 5.09. The molecule has 9 heteroatoms. The molecule has 1 heterocycles. The van der Waals surface area contributed by atoms with Crippen molar-refractivity contribution in [2.24, 2.45) is 0 Å². The van der Waals surface area contributed by atoms with Crippen LogP contribution < -0.4 is 4.74 Å². The number of Topliss-reactive ketones (excluding diaryl/α,β-unsaturated/α-hetero) is 1. The molecule has 0 aliphatic heterocycles. The Balaban J connectivity index is 1.64. The number of hydrogen-bond donors (Lipinski definition) is 0. The number of ether oxygens (including phenoxy) is 1. The summed E-state index contributed by atoms with van der Waals surface area (Å²) in [6.07, 6.45) is 0. The van der Waals surface area contributed by atoms with Gasteiger partial charge in [-0.25, -0.2) is 0 Å². The fraction of sp³-hybridized carbons (Fsp3) is 0.125. The number of hydrogen-bond acceptors (Lipinski definition) is 7. The van der Waals surface area contributed by atoms with Crippen molar-refractivity contribution < 1.29 is 14.5 Å². The topological polar surface area (TPSA) is 100 Å². The molecular weight excluding hydrogens is 440 g/mol. The molecule has 166 valence electrons. The van der Waals surface area contributed by atoms with Crippen molar-refractivity contribution in [2.75, 3.05) is 12.4 Å². The van der Waals surface area contributed by atoms with E-state index in [1.54, 1.807) is 6.07 Å². The van der Waals surface area contributed by atoms with E-state index < -0.39 is 4.92 Å². The Morgan fingerprint density at radius 2 is 1.79 bits per heavy atom. The van der Waals surface area contributed by atoms with E-state index in [0.717, 1.165) is 17.0 Å². The molecule has 4 aromatic rings. The Labute approximate surface area is 194 Å². The number of rotatable bonds is 9. The van der Waals surface area contributed by atoms with Crippen LogP contribution in [0.2, 0.25) is 0 Å². The number of ketones is 1. The zero-order valence-corrected chi connectivity index (χ0v) is 18.6. The minimum atomic E-state index is -0.515. The lowest BCUT2D eigenvalue weighted by molar-refractivity contribution is -0.384. The van der Waals surface area contributed by atoms with Crippen LogP contribution in [0.1, 0.15) is 17.3 Å². The maximum absolute atomic E-state index is 12.7. The van der Waals surface area contributed by atoms with Crippen molar-refractivity contribution >= 4 is 23.2 Å². The number of thioether (sulfide) groups is 1. The van der Waals surface area contributed by atoms with E-state index >= 15 is 0 Å². The second-order valence-corrected chi connectivity index (χ2v) is 7.90. The van der Waals surface area contributed by atoms with Gasteiger partial charge < -0.3 is 4.74 Å². The van der Waals surface area contributed by atoms with Gasteiger partial charge in [0.15, 0.2) is 16.8 Å². The highest BCUT2D eigenvalue weighted by Crippen LogP contribution is 2.29. The lowest BCUT2D eigenvalue weighted by atomic mass is 10.1. The standard InChI is InChI=1S/C24H20N4O4S/c1-2-32-21-13-11-19(12-14-21)27-23(17-7-4-3-5-8-17)25-26-24(27)33-16-22(29)18-9-6-10-20(15-18)28(30)31/h3-15H,2,16H2,1H3. The predicted molar refractivity (Wildman–Crippen MR) is 126 cm³/mol. The van der Waals surface area contributed by atoms with Crippen LogP contribution in [0.3, 0.4) is 0 Å². The van der Waals surface area contributed by atoms with Crippen molar-refractivity contribution in [3.63, 3.8) is 0 Å². The van der Waals surface area contributed by atoms with Gasteiger partial charge >= 0.3 is 0 Å². The van der Waals surface area contributed by atoms with Crippen molar-refractivity contribution in [3.8, 4) is 22.8 Å². The molecule has 0 spiro atoms. The summed E-state index contributed by atoms with van der Waals surface area (Å²) >= 11 is 1.23. The maximum atomic E-state index is 12.7. The van der Waals surface area contributed by atoms with Gasteiger partial charge in [0.25, 0.3) is 5.69 Å². The minimum Gasteiger partial charge on any atom is -0.494 e. The summed E-state index contributed by atoms with van der Waals surface area (Å²) in [4.78, 5) is 23.2. The Kier molecular flexibility index (Phi) is 6.80. The Bertz CT molecular complexity index is 1270. The van der Waals surface area contributed by atoms with Gasteiger partial charge in [-0.3, -0.25) is 19.5 Å². The SMILES string of the molecule is CCOc1ccc(-n2c(SCC(=O)c3cccc([N+](=O)[O-])c3)nnc2-c2ccccc2)cc1. The first-order valence-corrected chi connectivity index (χ1v) is 11.2. The number of carbonyl (C=O) groups is 1. The molecule has 0 saturated carbocycles. The van der Waals surface area contributed by atoms with Crippen LogP contribution in [0.5, 0.6) is 5.75 Å². The largest absolute Gasteiger partial charge is 0.494 e. The highest BCUT2D eigenvalue weighted by molar-refractivity contribution is 7.99. The molecule has 0 atom stereocenters. The number of nitro groups is 1. The summed E-state index contributed by atoms with van der Waals surface area (Å²) in [5, 5.41) is 20.2. The highest BCUT2D eigenvalue weighted by Gasteiger charge is 2.18. The molecule has 0 unspecified atom stereocenters. The van der Waals surface area contributed by atoms with E-state index in [1.807, 2.05) is 66.1 Å². The van der Waals surface area contributed by atoms with Crippen LogP contribution in [-0.2, 0) is 0 Å². The molecule has 1 aromatic heterocycles. The molecular formula is C24H20N4O4S. The summed E-state index contributed by atoms with van der Waals surface area (Å²) < 4.78 is 7.42. The number of non-ortho nitro benzene ring substituents is 1. The molecule has 0 aliphatic rings. The molecule has 8 nitrogen and oxygen atoms in total. The Morgan fingerprint density at radius 3 is 2.48 bits per heavy atom. The Hall–Kier alpha value is -3.98. The zero-order chi connectivity index (χ0) is 23.2. The van der Waals surface area contributed by atoms with Crippen molar-refractivity contribution in [2.45, 2.75) is 12.1 Å². The van der Waals surface area contributed by atoms with Gasteiger partial charge in [-0.15, -0.1) is 10.2 Å².